The van der Waals surface area contributed by atoms with Crippen LogP contribution in [0.5, 0.6) is 0 Å². The highest BCUT2D eigenvalue weighted by molar-refractivity contribution is 6.28. The van der Waals surface area contributed by atoms with Crippen LogP contribution in [0.1, 0.15) is 25.7 Å². The van der Waals surface area contributed by atoms with Crippen molar-refractivity contribution in [3.63, 3.8) is 0 Å². The van der Waals surface area contributed by atoms with Gasteiger partial charge in [-0.25, -0.2) is 9.97 Å². The van der Waals surface area contributed by atoms with Crippen LogP contribution in [0.15, 0.2) is 12.3 Å². The Morgan fingerprint density at radius 2 is 2.00 bits per heavy atom. The summed E-state index contributed by atoms with van der Waals surface area (Å²) in [4.78, 5) is 24.4. The van der Waals surface area contributed by atoms with Crippen molar-refractivity contribution in [2.75, 3.05) is 18.0 Å². The van der Waals surface area contributed by atoms with Crippen LogP contribution in [0, 0.1) is 0 Å². The van der Waals surface area contributed by atoms with Crippen molar-refractivity contribution in [3.8, 4) is 0 Å². The van der Waals surface area contributed by atoms with E-state index in [0.29, 0.717) is 17.4 Å². The van der Waals surface area contributed by atoms with E-state index in [4.69, 9.17) is 11.6 Å². The summed E-state index contributed by atoms with van der Waals surface area (Å²) in [6, 6.07) is 2.85. The van der Waals surface area contributed by atoms with Gasteiger partial charge in [-0.2, -0.15) is 0 Å². The monoisotopic (exact) mass is 292 g/mol. The molecule has 3 aliphatic rings. The lowest BCUT2D eigenvalue weighted by molar-refractivity contribution is -0.115. The summed E-state index contributed by atoms with van der Waals surface area (Å²) in [5, 5.41) is 0.295. The van der Waals surface area contributed by atoms with Gasteiger partial charge in [0.25, 0.3) is 0 Å². The molecule has 0 spiro atoms. The Hall–Kier alpha value is -1.20. The molecule has 106 valence electrons. The molecule has 4 rings (SSSR count). The number of hydrogen-bond donors (Lipinski definition) is 0. The van der Waals surface area contributed by atoms with E-state index in [2.05, 4.69) is 19.8 Å². The number of carbonyl (C=O) groups excluding carboxylic acids is 1. The number of aromatic nitrogens is 2. The first kappa shape index (κ1) is 12.5. The van der Waals surface area contributed by atoms with E-state index in [1.54, 1.807) is 6.20 Å². The average molecular weight is 293 g/mol. The maximum absolute atomic E-state index is 11.4. The fraction of sp³-hybridized carbons (Fsp3) is 0.643. The van der Waals surface area contributed by atoms with Crippen LogP contribution < -0.4 is 4.90 Å². The van der Waals surface area contributed by atoms with E-state index in [1.807, 2.05) is 6.07 Å². The Labute approximate surface area is 122 Å². The molecule has 2 saturated heterocycles. The highest BCUT2D eigenvalue weighted by atomic mass is 35.5. The number of halogens is 1. The lowest BCUT2D eigenvalue weighted by Crippen LogP contribution is -2.59. The summed E-state index contributed by atoms with van der Waals surface area (Å²) in [7, 11) is 0. The fourth-order valence-electron chi connectivity index (χ4n) is 3.88. The first-order valence-electron chi connectivity index (χ1n) is 7.20. The van der Waals surface area contributed by atoms with E-state index in [1.165, 1.54) is 19.1 Å². The van der Waals surface area contributed by atoms with Crippen molar-refractivity contribution in [2.24, 2.45) is 0 Å². The lowest BCUT2D eigenvalue weighted by atomic mass is 10.1. The van der Waals surface area contributed by atoms with Gasteiger partial charge >= 0.3 is 0 Å². The molecule has 20 heavy (non-hydrogen) atoms. The van der Waals surface area contributed by atoms with E-state index >= 15 is 0 Å². The molecule has 2 bridgehead atoms. The number of aldehydes is 1. The molecule has 1 aliphatic carbocycles. The summed E-state index contributed by atoms with van der Waals surface area (Å²) >= 11 is 5.88. The third-order valence-electron chi connectivity index (χ3n) is 4.91. The Balaban J connectivity index is 1.58. The molecule has 0 unspecified atom stereocenters. The zero-order valence-electron chi connectivity index (χ0n) is 11.2. The van der Waals surface area contributed by atoms with Crippen LogP contribution in [0.25, 0.3) is 0 Å². The van der Waals surface area contributed by atoms with Crippen LogP contribution in [-0.2, 0) is 4.79 Å². The molecule has 1 saturated carbocycles. The summed E-state index contributed by atoms with van der Waals surface area (Å²) in [6.07, 6.45) is 7.29. The quantitative estimate of drug-likeness (QED) is 0.624. The molecule has 6 heteroatoms. The number of rotatable bonds is 3. The van der Waals surface area contributed by atoms with Crippen molar-refractivity contribution in [3.05, 3.63) is 17.5 Å². The second-order valence-electron chi connectivity index (χ2n) is 6.10. The summed E-state index contributed by atoms with van der Waals surface area (Å²) < 4.78 is 0. The predicted molar refractivity (Wildman–Crippen MR) is 75.9 cm³/mol. The van der Waals surface area contributed by atoms with Crippen LogP contribution >= 0.6 is 11.6 Å². The molecule has 1 aromatic rings. The van der Waals surface area contributed by atoms with Crippen molar-refractivity contribution >= 4 is 23.7 Å². The Morgan fingerprint density at radius 3 is 2.55 bits per heavy atom. The normalized spacial score (nSPS) is 31.4. The fourth-order valence-corrected chi connectivity index (χ4v) is 4.03. The minimum Gasteiger partial charge on any atom is -0.353 e. The molecule has 0 amide bonds. The van der Waals surface area contributed by atoms with E-state index in [9.17, 15) is 4.79 Å². The van der Waals surface area contributed by atoms with E-state index < -0.39 is 0 Å². The van der Waals surface area contributed by atoms with Crippen LogP contribution in [-0.4, -0.2) is 51.9 Å². The van der Waals surface area contributed by atoms with E-state index in [0.717, 1.165) is 31.7 Å². The molecular weight excluding hydrogens is 276 g/mol. The number of fused-ring (bicyclic) bond motifs is 2. The van der Waals surface area contributed by atoms with Crippen molar-refractivity contribution in [2.45, 2.75) is 43.3 Å². The van der Waals surface area contributed by atoms with Crippen LogP contribution in [0.4, 0.5) is 5.82 Å². The average Bonchev–Trinajstić information content (AvgIpc) is 3.21. The number of carbonyl (C=O) groups is 1. The van der Waals surface area contributed by atoms with E-state index in [-0.39, 0.29) is 5.54 Å². The molecule has 2 atom stereocenters. The molecule has 0 N–H and O–H groups in total. The van der Waals surface area contributed by atoms with Gasteiger partial charge in [0.05, 0.1) is 5.54 Å². The largest absolute Gasteiger partial charge is 0.353 e. The number of nitrogens with zero attached hydrogens (tertiary/aromatic N) is 4. The topological polar surface area (TPSA) is 49.3 Å². The Morgan fingerprint density at radius 1 is 1.30 bits per heavy atom. The first-order chi connectivity index (χ1) is 9.72. The molecule has 3 fully saturated rings. The maximum Gasteiger partial charge on any atom is 0.224 e. The van der Waals surface area contributed by atoms with Crippen molar-refractivity contribution in [1.82, 2.24) is 14.9 Å². The van der Waals surface area contributed by atoms with Gasteiger partial charge in [-0.3, -0.25) is 4.90 Å². The smallest absolute Gasteiger partial charge is 0.224 e. The van der Waals surface area contributed by atoms with Gasteiger partial charge < -0.3 is 9.69 Å². The van der Waals surface area contributed by atoms with Gasteiger partial charge in [0.1, 0.15) is 12.1 Å². The molecular formula is C14H17ClN4O. The number of hydrogen-bond acceptors (Lipinski definition) is 5. The molecule has 1 aromatic heterocycles. The highest BCUT2D eigenvalue weighted by Crippen LogP contribution is 2.48. The minimum absolute atomic E-state index is 0.138. The van der Waals surface area contributed by atoms with Gasteiger partial charge in [-0.15, -0.1) is 0 Å². The second kappa shape index (κ2) is 4.40. The van der Waals surface area contributed by atoms with Gasteiger partial charge in [0, 0.05) is 31.4 Å². The van der Waals surface area contributed by atoms with Crippen LogP contribution in [0.3, 0.4) is 0 Å². The SMILES string of the molecule is O=CC1(N2[C@@H]3CC[C@H]2CN(c2ccnc(Cl)n2)C3)CC1. The molecule has 0 radical (unpaired) electrons. The zero-order valence-corrected chi connectivity index (χ0v) is 12.0. The standard InChI is InChI=1S/C14H17ClN4O/c15-13-16-6-3-12(17-13)18-7-10-1-2-11(8-18)19(10)14(9-20)4-5-14/h3,6,9-11H,1-2,4-5,7-8H2/t10-,11+. The van der Waals surface area contributed by atoms with Gasteiger partial charge in [0.2, 0.25) is 5.28 Å². The second-order valence-corrected chi connectivity index (χ2v) is 6.44. The zero-order chi connectivity index (χ0) is 13.7. The van der Waals surface area contributed by atoms with Gasteiger partial charge in [0.15, 0.2) is 0 Å². The highest BCUT2D eigenvalue weighted by Gasteiger charge is 2.56. The Bertz CT molecular complexity index is 534. The third kappa shape index (κ3) is 1.84. The number of piperazine rings is 1. The van der Waals surface area contributed by atoms with Crippen molar-refractivity contribution in [1.29, 1.82) is 0 Å². The summed E-state index contributed by atoms with van der Waals surface area (Å²) in [5.74, 6) is 0.900. The Kier molecular flexibility index (Phi) is 2.76. The molecule has 2 aliphatic heterocycles. The van der Waals surface area contributed by atoms with Gasteiger partial charge in [-0.05, 0) is 43.4 Å². The summed E-state index contributed by atoms with van der Waals surface area (Å²) in [6.45, 7) is 1.86. The third-order valence-corrected chi connectivity index (χ3v) is 5.10. The first-order valence-corrected chi connectivity index (χ1v) is 7.58. The van der Waals surface area contributed by atoms with Gasteiger partial charge in [-0.1, -0.05) is 0 Å². The molecule has 3 heterocycles. The summed E-state index contributed by atoms with van der Waals surface area (Å²) in [5.41, 5.74) is -0.138. The molecule has 0 aromatic carbocycles. The molecule has 5 nitrogen and oxygen atoms in total. The maximum atomic E-state index is 11.4. The lowest BCUT2D eigenvalue weighted by Gasteiger charge is -2.44. The predicted octanol–water partition coefficient (Wildman–Crippen LogP) is 1.51. The minimum atomic E-state index is -0.138. The van der Waals surface area contributed by atoms with Crippen LogP contribution in [0.2, 0.25) is 5.28 Å². The number of anilines is 1. The van der Waals surface area contributed by atoms with Crippen molar-refractivity contribution < 1.29 is 4.79 Å².